The number of amides is 1. The van der Waals surface area contributed by atoms with Crippen LogP contribution in [0.15, 0.2) is 36.4 Å². The summed E-state index contributed by atoms with van der Waals surface area (Å²) in [4.78, 5) is 12.1. The third-order valence-corrected chi connectivity index (χ3v) is 3.51. The number of benzene rings is 2. The summed E-state index contributed by atoms with van der Waals surface area (Å²) in [5.74, 6) is -1.98. The monoisotopic (exact) mass is 291 g/mol. The van der Waals surface area contributed by atoms with E-state index in [1.54, 1.807) is 0 Å². The zero-order valence-corrected chi connectivity index (χ0v) is 11.0. The van der Waals surface area contributed by atoms with Crippen molar-refractivity contribution in [2.24, 2.45) is 0 Å². The first-order valence-electron chi connectivity index (χ1n) is 6.14. The predicted octanol–water partition coefficient (Wildman–Crippen LogP) is 2.16. The number of aliphatic hydroxyl groups is 1. The highest BCUT2D eigenvalue weighted by Crippen LogP contribution is 2.42. The van der Waals surface area contributed by atoms with E-state index in [1.165, 1.54) is 25.3 Å². The van der Waals surface area contributed by atoms with Crippen molar-refractivity contribution in [1.82, 2.24) is 0 Å². The highest BCUT2D eigenvalue weighted by Gasteiger charge is 2.48. The fourth-order valence-corrected chi connectivity index (χ4v) is 2.44. The molecule has 1 atom stereocenters. The smallest absolute Gasteiger partial charge is 0.265 e. The van der Waals surface area contributed by atoms with Crippen molar-refractivity contribution < 1.29 is 23.4 Å². The first kappa shape index (κ1) is 13.5. The number of fused-ring (bicyclic) bond motifs is 1. The lowest BCUT2D eigenvalue weighted by atomic mass is 9.87. The van der Waals surface area contributed by atoms with Gasteiger partial charge in [-0.25, -0.2) is 8.78 Å². The number of hydrogen-bond donors (Lipinski definition) is 2. The first-order chi connectivity index (χ1) is 9.96. The van der Waals surface area contributed by atoms with Gasteiger partial charge in [-0.3, -0.25) is 4.79 Å². The minimum Gasteiger partial charge on any atom is -0.497 e. The Morgan fingerprint density at radius 1 is 1.14 bits per heavy atom. The number of carbonyl (C=O) groups is 1. The molecule has 1 amide bonds. The van der Waals surface area contributed by atoms with Crippen LogP contribution in [-0.2, 0) is 10.4 Å². The molecule has 0 saturated carbocycles. The number of anilines is 1. The van der Waals surface area contributed by atoms with Crippen LogP contribution in [0.3, 0.4) is 0 Å². The molecule has 0 saturated heterocycles. The van der Waals surface area contributed by atoms with E-state index in [0.717, 1.165) is 18.2 Å². The lowest BCUT2D eigenvalue weighted by Gasteiger charge is -2.22. The van der Waals surface area contributed by atoms with E-state index in [1.807, 2.05) is 0 Å². The molecule has 1 aliphatic heterocycles. The first-order valence-corrected chi connectivity index (χ1v) is 6.14. The number of carbonyl (C=O) groups excluding carboxylic acids is 1. The summed E-state index contributed by atoms with van der Waals surface area (Å²) < 4.78 is 32.5. The van der Waals surface area contributed by atoms with Crippen LogP contribution in [0.2, 0.25) is 0 Å². The van der Waals surface area contributed by atoms with E-state index in [4.69, 9.17) is 4.74 Å². The lowest BCUT2D eigenvalue weighted by molar-refractivity contribution is -0.129. The molecule has 1 unspecified atom stereocenters. The Balaban J connectivity index is 2.26. The van der Waals surface area contributed by atoms with E-state index in [9.17, 15) is 18.7 Å². The van der Waals surface area contributed by atoms with Crippen LogP contribution in [0.4, 0.5) is 14.5 Å². The maximum absolute atomic E-state index is 14.1. The van der Waals surface area contributed by atoms with Gasteiger partial charge in [0.05, 0.1) is 7.11 Å². The molecule has 3 rings (SSSR count). The maximum Gasteiger partial charge on any atom is 0.265 e. The topological polar surface area (TPSA) is 58.6 Å². The molecule has 0 bridgehead atoms. The lowest BCUT2D eigenvalue weighted by Crippen LogP contribution is -2.36. The van der Waals surface area contributed by atoms with Gasteiger partial charge in [-0.05, 0) is 36.4 Å². The predicted molar refractivity (Wildman–Crippen MR) is 71.0 cm³/mol. The van der Waals surface area contributed by atoms with E-state index in [2.05, 4.69) is 5.32 Å². The summed E-state index contributed by atoms with van der Waals surface area (Å²) in [6, 6.07) is 7.13. The highest BCUT2D eigenvalue weighted by molar-refractivity contribution is 6.07. The third-order valence-electron chi connectivity index (χ3n) is 3.51. The fraction of sp³-hybridized carbons (Fsp3) is 0.133. The Morgan fingerprint density at radius 3 is 2.62 bits per heavy atom. The maximum atomic E-state index is 14.1. The second-order valence-electron chi connectivity index (χ2n) is 4.70. The SMILES string of the molecule is COc1ccc(F)c(C2(O)C(=O)Nc3ccc(F)cc32)c1. The van der Waals surface area contributed by atoms with Crippen molar-refractivity contribution in [3.05, 3.63) is 59.2 Å². The largest absolute Gasteiger partial charge is 0.497 e. The molecule has 2 aromatic carbocycles. The minimum atomic E-state index is -2.30. The van der Waals surface area contributed by atoms with Gasteiger partial charge in [-0.2, -0.15) is 0 Å². The van der Waals surface area contributed by atoms with Gasteiger partial charge < -0.3 is 15.2 Å². The van der Waals surface area contributed by atoms with Crippen LogP contribution >= 0.6 is 0 Å². The number of methoxy groups -OCH3 is 1. The Morgan fingerprint density at radius 2 is 1.90 bits per heavy atom. The van der Waals surface area contributed by atoms with Crippen molar-refractivity contribution in [2.75, 3.05) is 12.4 Å². The number of rotatable bonds is 2. The quantitative estimate of drug-likeness (QED) is 0.891. The number of nitrogens with one attached hydrogen (secondary N) is 1. The summed E-state index contributed by atoms with van der Waals surface area (Å²) in [6.45, 7) is 0. The summed E-state index contributed by atoms with van der Waals surface area (Å²) in [5, 5.41) is 13.1. The average Bonchev–Trinajstić information content (AvgIpc) is 2.72. The molecule has 4 nitrogen and oxygen atoms in total. The zero-order valence-electron chi connectivity index (χ0n) is 11.0. The van der Waals surface area contributed by atoms with Gasteiger partial charge in [0, 0.05) is 16.8 Å². The van der Waals surface area contributed by atoms with Crippen LogP contribution < -0.4 is 10.1 Å². The molecule has 108 valence electrons. The molecule has 6 heteroatoms. The number of hydrogen-bond acceptors (Lipinski definition) is 3. The number of ether oxygens (including phenoxy) is 1. The van der Waals surface area contributed by atoms with Gasteiger partial charge in [0.15, 0.2) is 5.60 Å². The Labute approximate surface area is 119 Å². The van der Waals surface area contributed by atoms with Gasteiger partial charge in [0.1, 0.15) is 17.4 Å². The second-order valence-corrected chi connectivity index (χ2v) is 4.70. The summed E-state index contributed by atoms with van der Waals surface area (Å²) in [5.41, 5.74) is -2.37. The van der Waals surface area contributed by atoms with E-state index < -0.39 is 23.1 Å². The molecule has 0 radical (unpaired) electrons. The summed E-state index contributed by atoms with van der Waals surface area (Å²) >= 11 is 0. The third kappa shape index (κ3) is 1.87. The van der Waals surface area contributed by atoms with Crippen LogP contribution in [0, 0.1) is 11.6 Å². The van der Waals surface area contributed by atoms with Gasteiger partial charge >= 0.3 is 0 Å². The van der Waals surface area contributed by atoms with Crippen LogP contribution in [0.5, 0.6) is 5.75 Å². The van der Waals surface area contributed by atoms with E-state index in [0.29, 0.717) is 0 Å². The normalized spacial score (nSPS) is 20.1. The molecule has 1 aliphatic rings. The van der Waals surface area contributed by atoms with Crippen molar-refractivity contribution >= 4 is 11.6 Å². The molecule has 1 heterocycles. The molecule has 2 aromatic rings. The van der Waals surface area contributed by atoms with Crippen molar-refractivity contribution in [2.45, 2.75) is 5.60 Å². The Kier molecular flexibility index (Phi) is 2.91. The molecular weight excluding hydrogens is 280 g/mol. The van der Waals surface area contributed by atoms with Gasteiger partial charge in [-0.1, -0.05) is 0 Å². The standard InChI is InChI=1S/C15H11F2NO3/c1-21-9-3-4-12(17)10(7-9)15(20)11-6-8(16)2-5-13(11)18-14(15)19/h2-7,20H,1H3,(H,18,19). The van der Waals surface area contributed by atoms with Gasteiger partial charge in [0.2, 0.25) is 0 Å². The van der Waals surface area contributed by atoms with E-state index >= 15 is 0 Å². The fourth-order valence-electron chi connectivity index (χ4n) is 2.44. The summed E-state index contributed by atoms with van der Waals surface area (Å²) in [7, 11) is 1.38. The molecule has 0 fully saturated rings. The molecule has 0 aromatic heterocycles. The van der Waals surface area contributed by atoms with E-state index in [-0.39, 0.29) is 22.6 Å². The molecule has 0 aliphatic carbocycles. The second kappa shape index (κ2) is 4.53. The highest BCUT2D eigenvalue weighted by atomic mass is 19.1. The zero-order chi connectivity index (χ0) is 15.2. The number of halogens is 2. The van der Waals surface area contributed by atoms with Crippen molar-refractivity contribution in [1.29, 1.82) is 0 Å². The molecule has 21 heavy (non-hydrogen) atoms. The van der Waals surface area contributed by atoms with Crippen LogP contribution in [0.1, 0.15) is 11.1 Å². The average molecular weight is 291 g/mol. The van der Waals surface area contributed by atoms with Gasteiger partial charge in [-0.15, -0.1) is 0 Å². The van der Waals surface area contributed by atoms with Crippen LogP contribution in [-0.4, -0.2) is 18.1 Å². The Bertz CT molecular complexity index is 748. The minimum absolute atomic E-state index is 0.0281. The molecule has 2 N–H and O–H groups in total. The molecular formula is C15H11F2NO3. The van der Waals surface area contributed by atoms with Crippen molar-refractivity contribution in [3.8, 4) is 5.75 Å². The molecule has 0 spiro atoms. The van der Waals surface area contributed by atoms with Gasteiger partial charge in [0.25, 0.3) is 5.91 Å². The Hall–Kier alpha value is -2.47. The van der Waals surface area contributed by atoms with Crippen LogP contribution in [0.25, 0.3) is 0 Å². The van der Waals surface area contributed by atoms with Crippen molar-refractivity contribution in [3.63, 3.8) is 0 Å². The summed E-state index contributed by atoms with van der Waals surface area (Å²) in [6.07, 6.45) is 0.